The molecule has 0 saturated heterocycles. The summed E-state index contributed by atoms with van der Waals surface area (Å²) in [5.74, 6) is -0.214. The van der Waals surface area contributed by atoms with Crippen molar-refractivity contribution in [1.82, 2.24) is 9.97 Å². The maximum Gasteiger partial charge on any atom is 0.275 e. The fourth-order valence-electron chi connectivity index (χ4n) is 2.05. The predicted molar refractivity (Wildman–Crippen MR) is 93.5 cm³/mol. The van der Waals surface area contributed by atoms with Crippen molar-refractivity contribution in [2.45, 2.75) is 13.8 Å². The molecule has 0 bridgehead atoms. The van der Waals surface area contributed by atoms with Crippen LogP contribution in [-0.2, 0) is 0 Å². The Bertz CT molecular complexity index is 830. The molecule has 3 aromatic rings. The van der Waals surface area contributed by atoms with E-state index >= 15 is 0 Å². The molecule has 0 aliphatic carbocycles. The van der Waals surface area contributed by atoms with Gasteiger partial charge in [0.05, 0.1) is 11.9 Å². The molecule has 23 heavy (non-hydrogen) atoms. The lowest BCUT2D eigenvalue weighted by molar-refractivity contribution is 0.102. The summed E-state index contributed by atoms with van der Waals surface area (Å²) in [7, 11) is 0. The summed E-state index contributed by atoms with van der Waals surface area (Å²) in [6.07, 6.45) is 3.41. The third kappa shape index (κ3) is 3.73. The summed E-state index contributed by atoms with van der Waals surface area (Å²) in [6.45, 7) is 3.96. The van der Waals surface area contributed by atoms with E-state index in [0.717, 1.165) is 22.5 Å². The van der Waals surface area contributed by atoms with E-state index in [1.54, 1.807) is 17.8 Å². The third-order valence-electron chi connectivity index (χ3n) is 3.29. The largest absolute Gasteiger partial charge is 0.330 e. The summed E-state index contributed by atoms with van der Waals surface area (Å²) in [5, 5.41) is 8.43. The van der Waals surface area contributed by atoms with Gasteiger partial charge >= 0.3 is 0 Å². The van der Waals surface area contributed by atoms with Crippen LogP contribution in [0, 0.1) is 13.8 Å². The summed E-state index contributed by atoms with van der Waals surface area (Å²) in [6, 6.07) is 9.69. The second kappa shape index (κ2) is 6.58. The average Bonchev–Trinajstić information content (AvgIpc) is 3.00. The zero-order valence-electron chi connectivity index (χ0n) is 12.8. The van der Waals surface area contributed by atoms with Crippen LogP contribution in [0.5, 0.6) is 0 Å². The molecule has 2 N–H and O–H groups in total. The van der Waals surface area contributed by atoms with Gasteiger partial charge in [-0.25, -0.2) is 4.98 Å². The van der Waals surface area contributed by atoms with Crippen LogP contribution in [0.15, 0.2) is 48.1 Å². The number of hydrogen-bond acceptors (Lipinski definition) is 5. The van der Waals surface area contributed by atoms with Crippen LogP contribution in [-0.4, -0.2) is 15.9 Å². The van der Waals surface area contributed by atoms with E-state index in [-0.39, 0.29) is 5.91 Å². The Morgan fingerprint density at radius 2 is 2.09 bits per heavy atom. The first-order chi connectivity index (χ1) is 11.1. The number of thiazole rings is 1. The number of carbonyl (C=O) groups is 1. The van der Waals surface area contributed by atoms with Crippen LogP contribution in [0.1, 0.15) is 21.6 Å². The SMILES string of the molecule is Cc1ccc(C)c(NC(=O)c2csc(Nc3cccnc3)n2)c1. The highest BCUT2D eigenvalue weighted by molar-refractivity contribution is 7.14. The quantitative estimate of drug-likeness (QED) is 0.756. The highest BCUT2D eigenvalue weighted by atomic mass is 32.1. The van der Waals surface area contributed by atoms with Crippen LogP contribution in [0.2, 0.25) is 0 Å². The van der Waals surface area contributed by atoms with Crippen molar-refractivity contribution >= 4 is 33.8 Å². The van der Waals surface area contributed by atoms with Crippen molar-refractivity contribution in [2.75, 3.05) is 10.6 Å². The highest BCUT2D eigenvalue weighted by Crippen LogP contribution is 2.22. The van der Waals surface area contributed by atoms with E-state index < -0.39 is 0 Å². The van der Waals surface area contributed by atoms with Crippen molar-refractivity contribution in [3.05, 3.63) is 64.9 Å². The van der Waals surface area contributed by atoms with Gasteiger partial charge in [0.15, 0.2) is 5.13 Å². The lowest BCUT2D eigenvalue weighted by Gasteiger charge is -2.08. The molecule has 0 aliphatic heterocycles. The number of pyridine rings is 1. The summed E-state index contributed by atoms with van der Waals surface area (Å²) < 4.78 is 0. The first kappa shape index (κ1) is 15.2. The first-order valence-electron chi connectivity index (χ1n) is 7.13. The van der Waals surface area contributed by atoms with Crippen LogP contribution < -0.4 is 10.6 Å². The summed E-state index contributed by atoms with van der Waals surface area (Å²) in [5.41, 5.74) is 4.16. The Hall–Kier alpha value is -2.73. The topological polar surface area (TPSA) is 66.9 Å². The fourth-order valence-corrected chi connectivity index (χ4v) is 2.76. The predicted octanol–water partition coefficient (Wildman–Crippen LogP) is 4.15. The molecule has 0 atom stereocenters. The van der Waals surface area contributed by atoms with Gasteiger partial charge in [0.1, 0.15) is 5.69 Å². The molecule has 2 aromatic heterocycles. The van der Waals surface area contributed by atoms with Gasteiger partial charge in [-0.3, -0.25) is 9.78 Å². The molecule has 1 aromatic carbocycles. The molecule has 0 radical (unpaired) electrons. The monoisotopic (exact) mass is 324 g/mol. The van der Waals surface area contributed by atoms with Crippen LogP contribution in [0.25, 0.3) is 0 Å². The molecule has 2 heterocycles. The number of amides is 1. The minimum atomic E-state index is -0.214. The molecule has 6 heteroatoms. The number of aromatic nitrogens is 2. The molecular formula is C17H16N4OS. The standard InChI is InChI=1S/C17H16N4OS/c1-11-5-6-12(2)14(8-11)20-16(22)15-10-23-17(21-15)19-13-4-3-7-18-9-13/h3-10H,1-2H3,(H,19,21)(H,20,22). The minimum absolute atomic E-state index is 0.214. The Balaban J connectivity index is 1.72. The second-order valence-corrected chi connectivity index (χ2v) is 6.04. The van der Waals surface area contributed by atoms with Gasteiger partial charge < -0.3 is 10.6 Å². The number of aryl methyl sites for hydroxylation is 2. The summed E-state index contributed by atoms with van der Waals surface area (Å²) in [4.78, 5) is 20.7. The molecule has 1 amide bonds. The van der Waals surface area contributed by atoms with Crippen molar-refractivity contribution < 1.29 is 4.79 Å². The van der Waals surface area contributed by atoms with Crippen molar-refractivity contribution in [3.63, 3.8) is 0 Å². The van der Waals surface area contributed by atoms with Gasteiger partial charge in [0.25, 0.3) is 5.91 Å². The van der Waals surface area contributed by atoms with Gasteiger partial charge in [0, 0.05) is 17.3 Å². The zero-order chi connectivity index (χ0) is 16.2. The Labute approximate surface area is 138 Å². The van der Waals surface area contributed by atoms with Crippen LogP contribution in [0.3, 0.4) is 0 Å². The molecule has 5 nitrogen and oxygen atoms in total. The molecule has 0 fully saturated rings. The smallest absolute Gasteiger partial charge is 0.275 e. The molecular weight excluding hydrogens is 308 g/mol. The number of carbonyl (C=O) groups excluding carboxylic acids is 1. The van der Waals surface area contributed by atoms with Crippen LogP contribution in [0.4, 0.5) is 16.5 Å². The molecule has 0 unspecified atom stereocenters. The fraction of sp³-hybridized carbons (Fsp3) is 0.118. The number of rotatable bonds is 4. The summed E-state index contributed by atoms with van der Waals surface area (Å²) >= 11 is 1.38. The van der Waals surface area contributed by atoms with E-state index in [1.807, 2.05) is 44.2 Å². The zero-order valence-corrected chi connectivity index (χ0v) is 13.6. The second-order valence-electron chi connectivity index (χ2n) is 5.18. The van der Waals surface area contributed by atoms with E-state index in [1.165, 1.54) is 11.3 Å². The van der Waals surface area contributed by atoms with E-state index in [2.05, 4.69) is 20.6 Å². The van der Waals surface area contributed by atoms with Crippen molar-refractivity contribution in [1.29, 1.82) is 0 Å². The Kier molecular flexibility index (Phi) is 4.34. The lowest BCUT2D eigenvalue weighted by atomic mass is 10.1. The van der Waals surface area contributed by atoms with Crippen molar-refractivity contribution in [3.8, 4) is 0 Å². The van der Waals surface area contributed by atoms with Crippen LogP contribution >= 0.6 is 11.3 Å². The molecule has 0 aliphatic rings. The minimum Gasteiger partial charge on any atom is -0.330 e. The van der Waals surface area contributed by atoms with Gasteiger partial charge in [-0.2, -0.15) is 0 Å². The number of anilines is 3. The number of nitrogens with one attached hydrogen (secondary N) is 2. The van der Waals surface area contributed by atoms with Crippen molar-refractivity contribution in [2.24, 2.45) is 0 Å². The van der Waals surface area contributed by atoms with Gasteiger partial charge in [-0.05, 0) is 43.2 Å². The normalized spacial score (nSPS) is 10.3. The average molecular weight is 324 g/mol. The number of nitrogens with zero attached hydrogens (tertiary/aromatic N) is 2. The van der Waals surface area contributed by atoms with E-state index in [0.29, 0.717) is 10.8 Å². The molecule has 3 rings (SSSR count). The first-order valence-corrected chi connectivity index (χ1v) is 8.01. The van der Waals surface area contributed by atoms with Gasteiger partial charge in [-0.1, -0.05) is 12.1 Å². The van der Waals surface area contributed by atoms with E-state index in [9.17, 15) is 4.79 Å². The Morgan fingerprint density at radius 3 is 2.87 bits per heavy atom. The van der Waals surface area contributed by atoms with Gasteiger partial charge in [-0.15, -0.1) is 11.3 Å². The highest BCUT2D eigenvalue weighted by Gasteiger charge is 2.12. The molecule has 0 spiro atoms. The number of benzene rings is 1. The maximum atomic E-state index is 12.3. The third-order valence-corrected chi connectivity index (χ3v) is 4.05. The van der Waals surface area contributed by atoms with E-state index in [4.69, 9.17) is 0 Å². The van der Waals surface area contributed by atoms with Gasteiger partial charge in [0.2, 0.25) is 0 Å². The molecule has 0 saturated carbocycles. The Morgan fingerprint density at radius 1 is 1.22 bits per heavy atom. The lowest BCUT2D eigenvalue weighted by Crippen LogP contribution is -2.13. The molecule has 116 valence electrons. The number of hydrogen-bond donors (Lipinski definition) is 2. The maximum absolute atomic E-state index is 12.3.